The topological polar surface area (TPSA) is 77.8 Å². The highest BCUT2D eigenvalue weighted by Gasteiger charge is 2.17. The summed E-state index contributed by atoms with van der Waals surface area (Å²) in [5.74, 6) is 1.24. The van der Waals surface area contributed by atoms with E-state index in [2.05, 4.69) is 9.97 Å². The van der Waals surface area contributed by atoms with Gasteiger partial charge in [-0.1, -0.05) is 20.8 Å². The summed E-state index contributed by atoms with van der Waals surface area (Å²) in [6.07, 6.45) is 1.70. The third kappa shape index (κ3) is 2.15. The first-order valence-electron chi connectivity index (χ1n) is 4.27. The van der Waals surface area contributed by atoms with Crippen molar-refractivity contribution in [1.29, 1.82) is 0 Å². The zero-order valence-corrected chi connectivity index (χ0v) is 8.33. The van der Waals surface area contributed by atoms with E-state index in [1.807, 2.05) is 20.8 Å². The number of rotatable bonds is 1. The van der Waals surface area contributed by atoms with Crippen LogP contribution in [0, 0.1) is 0 Å². The lowest BCUT2D eigenvalue weighted by molar-refractivity contribution is 0.545. The molecular weight excluding hydrogens is 164 g/mol. The third-order valence-electron chi connectivity index (χ3n) is 1.79. The summed E-state index contributed by atoms with van der Waals surface area (Å²) in [6.45, 7) is 6.52. The van der Waals surface area contributed by atoms with Gasteiger partial charge in [-0.05, 0) is 0 Å². The van der Waals surface area contributed by atoms with Gasteiger partial charge in [0, 0.05) is 23.7 Å². The minimum atomic E-state index is -0.0682. The number of nitrogens with zero attached hydrogens (tertiary/aromatic N) is 2. The van der Waals surface area contributed by atoms with Crippen molar-refractivity contribution in [1.82, 2.24) is 9.97 Å². The van der Waals surface area contributed by atoms with E-state index in [4.69, 9.17) is 11.5 Å². The molecule has 0 aliphatic carbocycles. The summed E-state index contributed by atoms with van der Waals surface area (Å²) in [6, 6.07) is 0. The summed E-state index contributed by atoms with van der Waals surface area (Å²) in [5, 5.41) is 0. The highest BCUT2D eigenvalue weighted by Crippen LogP contribution is 2.19. The minimum absolute atomic E-state index is 0.0682. The Kier molecular flexibility index (Phi) is 2.52. The summed E-state index contributed by atoms with van der Waals surface area (Å²) in [7, 11) is 0. The van der Waals surface area contributed by atoms with Crippen LogP contribution in [0.1, 0.15) is 32.2 Å². The molecule has 0 spiro atoms. The highest BCUT2D eigenvalue weighted by molar-refractivity contribution is 5.37. The molecule has 4 heteroatoms. The van der Waals surface area contributed by atoms with Gasteiger partial charge in [0.1, 0.15) is 11.6 Å². The van der Waals surface area contributed by atoms with E-state index >= 15 is 0 Å². The number of hydrogen-bond acceptors (Lipinski definition) is 4. The molecule has 1 rings (SSSR count). The molecule has 0 aromatic carbocycles. The first kappa shape index (κ1) is 9.92. The smallest absolute Gasteiger partial charge is 0.135 e. The van der Waals surface area contributed by atoms with Crippen LogP contribution in [0.4, 0.5) is 5.82 Å². The first-order chi connectivity index (χ1) is 5.95. The quantitative estimate of drug-likeness (QED) is 0.670. The maximum absolute atomic E-state index is 5.70. The van der Waals surface area contributed by atoms with Crippen LogP contribution >= 0.6 is 0 Å². The fourth-order valence-corrected chi connectivity index (χ4v) is 0.939. The van der Waals surface area contributed by atoms with Crippen LogP contribution in [0.2, 0.25) is 0 Å². The van der Waals surface area contributed by atoms with E-state index in [0.29, 0.717) is 12.4 Å². The van der Waals surface area contributed by atoms with Crippen LogP contribution in [0.25, 0.3) is 0 Å². The van der Waals surface area contributed by atoms with Crippen LogP contribution in [-0.2, 0) is 12.0 Å². The maximum atomic E-state index is 5.70. The molecule has 0 radical (unpaired) electrons. The maximum Gasteiger partial charge on any atom is 0.135 e. The molecular formula is C9H16N4. The second-order valence-electron chi connectivity index (χ2n) is 4.06. The molecule has 0 bridgehead atoms. The Morgan fingerprint density at radius 1 is 1.38 bits per heavy atom. The Balaban J connectivity index is 3.10. The number of nitrogens with two attached hydrogens (primary N) is 2. The monoisotopic (exact) mass is 180 g/mol. The fraction of sp³-hybridized carbons (Fsp3) is 0.556. The largest absolute Gasteiger partial charge is 0.383 e. The van der Waals surface area contributed by atoms with Gasteiger partial charge in [0.15, 0.2) is 0 Å². The van der Waals surface area contributed by atoms with Crippen LogP contribution in [0.5, 0.6) is 0 Å². The third-order valence-corrected chi connectivity index (χ3v) is 1.79. The molecule has 72 valence electrons. The standard InChI is InChI=1S/C9H16N4/c1-9(2,3)8-12-5-6(4-10)7(11)13-8/h5H,4,10H2,1-3H3,(H2,11,12,13). The van der Waals surface area contributed by atoms with E-state index in [9.17, 15) is 0 Å². The Labute approximate surface area is 78.4 Å². The molecule has 1 heterocycles. The number of nitrogen functional groups attached to an aromatic ring is 1. The molecule has 1 aromatic rings. The summed E-state index contributed by atoms with van der Waals surface area (Å²) >= 11 is 0. The average Bonchev–Trinajstić information content (AvgIpc) is 2.02. The molecule has 0 amide bonds. The van der Waals surface area contributed by atoms with Gasteiger partial charge in [-0.2, -0.15) is 0 Å². The van der Waals surface area contributed by atoms with Crippen molar-refractivity contribution in [3.8, 4) is 0 Å². The molecule has 0 atom stereocenters. The molecule has 4 N–H and O–H groups in total. The van der Waals surface area contributed by atoms with Gasteiger partial charge in [0.25, 0.3) is 0 Å². The van der Waals surface area contributed by atoms with Crippen LogP contribution in [-0.4, -0.2) is 9.97 Å². The van der Waals surface area contributed by atoms with Crippen molar-refractivity contribution in [3.63, 3.8) is 0 Å². The Morgan fingerprint density at radius 3 is 2.38 bits per heavy atom. The molecule has 0 saturated carbocycles. The van der Waals surface area contributed by atoms with Crippen molar-refractivity contribution in [2.45, 2.75) is 32.7 Å². The Morgan fingerprint density at radius 2 is 2.00 bits per heavy atom. The lowest BCUT2D eigenvalue weighted by Gasteiger charge is -2.17. The average molecular weight is 180 g/mol. The van der Waals surface area contributed by atoms with Crippen molar-refractivity contribution >= 4 is 5.82 Å². The normalized spacial score (nSPS) is 11.7. The van der Waals surface area contributed by atoms with Crippen molar-refractivity contribution < 1.29 is 0 Å². The summed E-state index contributed by atoms with van der Waals surface area (Å²) in [5.41, 5.74) is 11.9. The van der Waals surface area contributed by atoms with Gasteiger partial charge in [-0.3, -0.25) is 0 Å². The molecule has 4 nitrogen and oxygen atoms in total. The van der Waals surface area contributed by atoms with E-state index in [1.165, 1.54) is 0 Å². The first-order valence-corrected chi connectivity index (χ1v) is 4.27. The second-order valence-corrected chi connectivity index (χ2v) is 4.06. The van der Waals surface area contributed by atoms with Crippen LogP contribution in [0.15, 0.2) is 6.20 Å². The van der Waals surface area contributed by atoms with Crippen LogP contribution in [0.3, 0.4) is 0 Å². The predicted molar refractivity (Wildman–Crippen MR) is 53.0 cm³/mol. The lowest BCUT2D eigenvalue weighted by atomic mass is 9.95. The van der Waals surface area contributed by atoms with Gasteiger partial charge in [0.05, 0.1) is 0 Å². The zero-order chi connectivity index (χ0) is 10.1. The molecule has 13 heavy (non-hydrogen) atoms. The summed E-state index contributed by atoms with van der Waals surface area (Å²) < 4.78 is 0. The molecule has 0 aliphatic heterocycles. The Bertz CT molecular complexity index is 301. The number of hydrogen-bond donors (Lipinski definition) is 2. The molecule has 0 unspecified atom stereocenters. The second kappa shape index (κ2) is 3.30. The van der Waals surface area contributed by atoms with Crippen molar-refractivity contribution in [2.75, 3.05) is 5.73 Å². The number of aromatic nitrogens is 2. The summed E-state index contributed by atoms with van der Waals surface area (Å²) in [4.78, 5) is 8.41. The Hall–Kier alpha value is -1.16. The zero-order valence-electron chi connectivity index (χ0n) is 8.33. The minimum Gasteiger partial charge on any atom is -0.383 e. The molecule has 0 saturated heterocycles. The lowest BCUT2D eigenvalue weighted by Crippen LogP contribution is -2.18. The molecule has 0 aliphatic rings. The van der Waals surface area contributed by atoms with Gasteiger partial charge in [-0.25, -0.2) is 9.97 Å². The molecule has 0 fully saturated rings. The number of anilines is 1. The predicted octanol–water partition coefficient (Wildman–Crippen LogP) is 0.815. The van der Waals surface area contributed by atoms with Gasteiger partial charge < -0.3 is 11.5 Å². The van der Waals surface area contributed by atoms with Gasteiger partial charge in [0.2, 0.25) is 0 Å². The van der Waals surface area contributed by atoms with E-state index in [-0.39, 0.29) is 5.41 Å². The van der Waals surface area contributed by atoms with Crippen LogP contribution < -0.4 is 11.5 Å². The van der Waals surface area contributed by atoms with E-state index < -0.39 is 0 Å². The van der Waals surface area contributed by atoms with Crippen molar-refractivity contribution in [2.24, 2.45) is 5.73 Å². The highest BCUT2D eigenvalue weighted by atomic mass is 15.0. The van der Waals surface area contributed by atoms with Gasteiger partial charge in [-0.15, -0.1) is 0 Å². The molecule has 1 aromatic heterocycles. The fourth-order valence-electron chi connectivity index (χ4n) is 0.939. The van der Waals surface area contributed by atoms with E-state index in [1.54, 1.807) is 6.20 Å². The SMILES string of the molecule is CC(C)(C)c1ncc(CN)c(N)n1. The van der Waals surface area contributed by atoms with E-state index in [0.717, 1.165) is 11.4 Å². The van der Waals surface area contributed by atoms with Gasteiger partial charge >= 0.3 is 0 Å². The van der Waals surface area contributed by atoms with Crippen molar-refractivity contribution in [3.05, 3.63) is 17.6 Å².